The van der Waals surface area contributed by atoms with Gasteiger partial charge in [0.15, 0.2) is 0 Å². The Hall–Kier alpha value is -0.730. The monoisotopic (exact) mass is 285 g/mol. The van der Waals surface area contributed by atoms with E-state index >= 15 is 0 Å². The van der Waals surface area contributed by atoms with Crippen molar-refractivity contribution in [2.24, 2.45) is 0 Å². The summed E-state index contributed by atoms with van der Waals surface area (Å²) in [7, 11) is 0. The summed E-state index contributed by atoms with van der Waals surface area (Å²) >= 11 is 11.7. The molecule has 0 spiro atoms. The van der Waals surface area contributed by atoms with Gasteiger partial charge in [-0.15, -0.1) is 11.6 Å². The van der Waals surface area contributed by atoms with Gasteiger partial charge in [0.05, 0.1) is 0 Å². The van der Waals surface area contributed by atoms with Crippen LogP contribution in [0.25, 0.3) is 0 Å². The molecule has 0 bridgehead atoms. The summed E-state index contributed by atoms with van der Waals surface area (Å²) in [4.78, 5) is 14.4. The minimum atomic E-state index is 0.0986. The van der Waals surface area contributed by atoms with Crippen molar-refractivity contribution in [3.8, 4) is 0 Å². The van der Waals surface area contributed by atoms with Gasteiger partial charge in [0, 0.05) is 29.1 Å². The number of hydrogen-bond acceptors (Lipinski definition) is 1. The van der Waals surface area contributed by atoms with Gasteiger partial charge in [-0.3, -0.25) is 4.79 Å². The van der Waals surface area contributed by atoms with E-state index in [1.54, 1.807) is 24.3 Å². The van der Waals surface area contributed by atoms with Crippen molar-refractivity contribution in [3.63, 3.8) is 0 Å². The molecule has 1 fully saturated rings. The van der Waals surface area contributed by atoms with Crippen LogP contribution in [0.5, 0.6) is 0 Å². The van der Waals surface area contributed by atoms with E-state index < -0.39 is 0 Å². The van der Waals surface area contributed by atoms with Gasteiger partial charge in [-0.05, 0) is 49.9 Å². The van der Waals surface area contributed by atoms with Crippen LogP contribution in [0.3, 0.4) is 0 Å². The van der Waals surface area contributed by atoms with Gasteiger partial charge >= 0.3 is 0 Å². The first-order valence-electron chi connectivity index (χ1n) is 6.35. The molecule has 0 radical (unpaired) electrons. The van der Waals surface area contributed by atoms with Crippen molar-refractivity contribution in [1.82, 2.24) is 4.90 Å². The van der Waals surface area contributed by atoms with Crippen LogP contribution < -0.4 is 0 Å². The fraction of sp³-hybridized carbons (Fsp3) is 0.500. The lowest BCUT2D eigenvalue weighted by Gasteiger charge is -2.35. The maximum absolute atomic E-state index is 12.4. The number of piperidine rings is 1. The second-order valence-corrected chi connectivity index (χ2v) is 5.45. The Morgan fingerprint density at radius 1 is 1.28 bits per heavy atom. The van der Waals surface area contributed by atoms with Crippen molar-refractivity contribution in [3.05, 3.63) is 34.9 Å². The van der Waals surface area contributed by atoms with Crippen molar-refractivity contribution in [2.45, 2.75) is 31.7 Å². The molecule has 0 N–H and O–H groups in total. The van der Waals surface area contributed by atoms with E-state index in [9.17, 15) is 4.79 Å². The van der Waals surface area contributed by atoms with Crippen LogP contribution in [-0.2, 0) is 0 Å². The lowest BCUT2D eigenvalue weighted by molar-refractivity contribution is 0.0609. The van der Waals surface area contributed by atoms with Crippen molar-refractivity contribution >= 4 is 29.1 Å². The Morgan fingerprint density at radius 2 is 2.00 bits per heavy atom. The highest BCUT2D eigenvalue weighted by molar-refractivity contribution is 6.30. The smallest absolute Gasteiger partial charge is 0.254 e. The van der Waals surface area contributed by atoms with Crippen molar-refractivity contribution < 1.29 is 4.79 Å². The van der Waals surface area contributed by atoms with Crippen LogP contribution in [0.4, 0.5) is 0 Å². The molecular weight excluding hydrogens is 269 g/mol. The van der Waals surface area contributed by atoms with E-state index in [1.165, 1.54) is 6.42 Å². The highest BCUT2D eigenvalue weighted by Crippen LogP contribution is 2.22. The van der Waals surface area contributed by atoms with E-state index in [1.807, 2.05) is 4.90 Å². The first-order chi connectivity index (χ1) is 8.72. The van der Waals surface area contributed by atoms with Crippen LogP contribution >= 0.6 is 23.2 Å². The van der Waals surface area contributed by atoms with Crippen LogP contribution in [-0.4, -0.2) is 29.3 Å². The molecule has 1 saturated heterocycles. The van der Waals surface area contributed by atoms with E-state index in [0.717, 1.165) is 25.8 Å². The zero-order valence-corrected chi connectivity index (χ0v) is 11.8. The van der Waals surface area contributed by atoms with E-state index in [-0.39, 0.29) is 5.91 Å². The SMILES string of the molecule is O=C(c1ccc(Cl)cc1)N1CCCCC1CCCl. The Labute approximate surface area is 118 Å². The minimum absolute atomic E-state index is 0.0986. The maximum Gasteiger partial charge on any atom is 0.254 e. The zero-order chi connectivity index (χ0) is 13.0. The molecule has 2 rings (SSSR count). The molecule has 1 unspecified atom stereocenters. The molecule has 0 aromatic heterocycles. The second kappa shape index (κ2) is 6.44. The summed E-state index contributed by atoms with van der Waals surface area (Å²) in [5, 5.41) is 0.655. The molecule has 2 nitrogen and oxygen atoms in total. The van der Waals surface area contributed by atoms with Crippen LogP contribution in [0.2, 0.25) is 5.02 Å². The van der Waals surface area contributed by atoms with Gasteiger partial charge < -0.3 is 4.90 Å². The number of carbonyl (C=O) groups is 1. The topological polar surface area (TPSA) is 20.3 Å². The van der Waals surface area contributed by atoms with Crippen molar-refractivity contribution in [1.29, 1.82) is 0 Å². The number of likely N-dealkylation sites (tertiary alicyclic amines) is 1. The Bertz CT molecular complexity index is 403. The average Bonchev–Trinajstić information content (AvgIpc) is 2.40. The van der Waals surface area contributed by atoms with Gasteiger partial charge in [0.25, 0.3) is 5.91 Å². The molecule has 0 aliphatic carbocycles. The number of alkyl halides is 1. The molecular formula is C14H17Cl2NO. The average molecular weight is 286 g/mol. The highest BCUT2D eigenvalue weighted by atomic mass is 35.5. The summed E-state index contributed by atoms with van der Waals surface area (Å²) < 4.78 is 0. The molecule has 1 atom stereocenters. The number of carbonyl (C=O) groups excluding carboxylic acids is 1. The molecule has 1 aliphatic heterocycles. The van der Waals surface area contributed by atoms with Gasteiger partial charge in [0.2, 0.25) is 0 Å². The summed E-state index contributed by atoms with van der Waals surface area (Å²) in [5.41, 5.74) is 0.709. The first-order valence-corrected chi connectivity index (χ1v) is 7.26. The zero-order valence-electron chi connectivity index (χ0n) is 10.2. The maximum atomic E-state index is 12.4. The standard InChI is InChI=1S/C14H17Cl2NO/c15-9-8-13-3-1-2-10-17(13)14(18)11-4-6-12(16)7-5-11/h4-7,13H,1-3,8-10H2. The summed E-state index contributed by atoms with van der Waals surface area (Å²) in [6.07, 6.45) is 4.21. The number of nitrogens with zero attached hydrogens (tertiary/aromatic N) is 1. The molecule has 98 valence electrons. The largest absolute Gasteiger partial charge is 0.336 e. The fourth-order valence-corrected chi connectivity index (χ4v) is 2.83. The predicted octanol–water partition coefficient (Wildman–Crippen LogP) is 3.96. The van der Waals surface area contributed by atoms with Crippen LogP contribution in [0.1, 0.15) is 36.0 Å². The molecule has 1 aromatic carbocycles. The molecule has 1 amide bonds. The molecule has 1 aromatic rings. The summed E-state index contributed by atoms with van der Waals surface area (Å²) in [6.45, 7) is 0.836. The Morgan fingerprint density at radius 3 is 2.67 bits per heavy atom. The lowest BCUT2D eigenvalue weighted by Crippen LogP contribution is -2.43. The highest BCUT2D eigenvalue weighted by Gasteiger charge is 2.26. The van der Waals surface area contributed by atoms with Crippen molar-refractivity contribution in [2.75, 3.05) is 12.4 Å². The predicted molar refractivity (Wildman–Crippen MR) is 75.5 cm³/mol. The summed E-state index contributed by atoms with van der Waals surface area (Å²) in [5.74, 6) is 0.705. The first kappa shape index (κ1) is 13.7. The van der Waals surface area contributed by atoms with Gasteiger partial charge in [-0.2, -0.15) is 0 Å². The van der Waals surface area contributed by atoms with Gasteiger partial charge in [0.1, 0.15) is 0 Å². The van der Waals surface area contributed by atoms with E-state index in [4.69, 9.17) is 23.2 Å². The third-order valence-electron chi connectivity index (χ3n) is 3.42. The van der Waals surface area contributed by atoms with E-state index in [2.05, 4.69) is 0 Å². The molecule has 0 saturated carbocycles. The Kier molecular flexibility index (Phi) is 4.90. The van der Waals surface area contributed by atoms with Crippen LogP contribution in [0, 0.1) is 0 Å². The second-order valence-electron chi connectivity index (χ2n) is 4.63. The number of halogens is 2. The Balaban J connectivity index is 2.12. The molecule has 1 aliphatic rings. The number of hydrogen-bond donors (Lipinski definition) is 0. The van der Waals surface area contributed by atoms with E-state index in [0.29, 0.717) is 22.5 Å². The normalized spacial score (nSPS) is 19.9. The van der Waals surface area contributed by atoms with Gasteiger partial charge in [-0.1, -0.05) is 11.6 Å². The third kappa shape index (κ3) is 3.18. The number of amides is 1. The quantitative estimate of drug-likeness (QED) is 0.770. The third-order valence-corrected chi connectivity index (χ3v) is 3.89. The number of rotatable bonds is 3. The molecule has 1 heterocycles. The van der Waals surface area contributed by atoms with Gasteiger partial charge in [-0.25, -0.2) is 0 Å². The number of benzene rings is 1. The van der Waals surface area contributed by atoms with Crippen LogP contribution in [0.15, 0.2) is 24.3 Å². The molecule has 4 heteroatoms. The molecule has 18 heavy (non-hydrogen) atoms. The summed E-state index contributed by atoms with van der Waals surface area (Å²) in [6, 6.07) is 7.39. The fourth-order valence-electron chi connectivity index (χ4n) is 2.45. The lowest BCUT2D eigenvalue weighted by atomic mass is 9.99. The minimum Gasteiger partial charge on any atom is -0.336 e.